The lowest BCUT2D eigenvalue weighted by Crippen LogP contribution is -2.22. The predicted octanol–water partition coefficient (Wildman–Crippen LogP) is 2.49. The summed E-state index contributed by atoms with van der Waals surface area (Å²) in [7, 11) is 1.91. The summed E-state index contributed by atoms with van der Waals surface area (Å²) in [5, 5.41) is 7.73. The molecule has 0 saturated carbocycles. The fourth-order valence-electron chi connectivity index (χ4n) is 2.58. The van der Waals surface area contributed by atoms with Gasteiger partial charge < -0.3 is 19.4 Å². The zero-order valence-corrected chi connectivity index (χ0v) is 13.0. The van der Waals surface area contributed by atoms with Crippen molar-refractivity contribution in [2.24, 2.45) is 7.05 Å². The first-order valence-electron chi connectivity index (χ1n) is 7.50. The first-order valence-corrected chi connectivity index (χ1v) is 7.50. The smallest absolute Gasteiger partial charge is 0.251 e. The topological polar surface area (TPSA) is 88.7 Å². The molecule has 120 valence electrons. The Labute approximate surface area is 137 Å². The standard InChI is InChI=1S/C17H15N5O2/c1-22-8-2-3-14(22)16-20-15(24-21-16)10-19-17(23)12-4-5-13-11(9-12)6-7-18-13/h2-9,18H,10H2,1H3,(H,19,23). The summed E-state index contributed by atoms with van der Waals surface area (Å²) in [5.74, 6) is 0.680. The third-order valence-electron chi connectivity index (χ3n) is 3.86. The molecule has 0 saturated heterocycles. The minimum absolute atomic E-state index is 0.182. The van der Waals surface area contributed by atoms with Gasteiger partial charge in [-0.05, 0) is 36.4 Å². The van der Waals surface area contributed by atoms with Crippen molar-refractivity contribution in [1.82, 2.24) is 25.0 Å². The number of fused-ring (bicyclic) bond motifs is 1. The van der Waals surface area contributed by atoms with Crippen molar-refractivity contribution < 1.29 is 9.32 Å². The maximum Gasteiger partial charge on any atom is 0.251 e. The first kappa shape index (κ1) is 14.3. The average Bonchev–Trinajstić information content (AvgIpc) is 3.31. The van der Waals surface area contributed by atoms with Crippen molar-refractivity contribution >= 4 is 16.8 Å². The van der Waals surface area contributed by atoms with Gasteiger partial charge in [0.2, 0.25) is 11.7 Å². The third-order valence-corrected chi connectivity index (χ3v) is 3.86. The lowest BCUT2D eigenvalue weighted by Gasteiger charge is -2.02. The van der Waals surface area contributed by atoms with Crippen LogP contribution < -0.4 is 5.32 Å². The van der Waals surface area contributed by atoms with Crippen LogP contribution >= 0.6 is 0 Å². The van der Waals surface area contributed by atoms with E-state index in [1.54, 1.807) is 6.07 Å². The molecule has 3 aromatic heterocycles. The van der Waals surface area contributed by atoms with Crippen LogP contribution in [0.5, 0.6) is 0 Å². The Hall–Kier alpha value is -3.35. The van der Waals surface area contributed by atoms with Gasteiger partial charge in [0.1, 0.15) is 0 Å². The van der Waals surface area contributed by atoms with Gasteiger partial charge in [-0.3, -0.25) is 4.79 Å². The van der Waals surface area contributed by atoms with Crippen LogP contribution in [0.3, 0.4) is 0 Å². The van der Waals surface area contributed by atoms with Crippen LogP contribution in [0.15, 0.2) is 53.3 Å². The molecule has 0 fully saturated rings. The number of benzene rings is 1. The zero-order chi connectivity index (χ0) is 16.5. The molecule has 0 unspecified atom stereocenters. The fraction of sp³-hybridized carbons (Fsp3) is 0.118. The summed E-state index contributed by atoms with van der Waals surface area (Å²) in [6.45, 7) is 0.182. The highest BCUT2D eigenvalue weighted by atomic mass is 16.5. The number of carbonyl (C=O) groups is 1. The van der Waals surface area contributed by atoms with Crippen LogP contribution in [0, 0.1) is 0 Å². The van der Waals surface area contributed by atoms with Gasteiger partial charge in [0.25, 0.3) is 5.91 Å². The maximum absolute atomic E-state index is 12.3. The average molecular weight is 321 g/mol. The van der Waals surface area contributed by atoms with Gasteiger partial charge >= 0.3 is 0 Å². The highest BCUT2D eigenvalue weighted by Crippen LogP contribution is 2.16. The molecule has 4 rings (SSSR count). The number of aromatic nitrogens is 4. The number of rotatable bonds is 4. The van der Waals surface area contributed by atoms with E-state index in [4.69, 9.17) is 4.52 Å². The van der Waals surface area contributed by atoms with E-state index < -0.39 is 0 Å². The van der Waals surface area contributed by atoms with Crippen LogP contribution in [0.25, 0.3) is 22.4 Å². The molecule has 4 aromatic rings. The van der Waals surface area contributed by atoms with Gasteiger partial charge in [-0.25, -0.2) is 0 Å². The Bertz CT molecular complexity index is 1010. The van der Waals surface area contributed by atoms with E-state index in [0.29, 0.717) is 17.3 Å². The Kier molecular flexibility index (Phi) is 3.38. The number of H-pyrrole nitrogens is 1. The SMILES string of the molecule is Cn1cccc1-c1noc(CNC(=O)c2ccc3[nH]ccc3c2)n1. The van der Waals surface area contributed by atoms with Crippen molar-refractivity contribution in [1.29, 1.82) is 0 Å². The van der Waals surface area contributed by atoms with E-state index in [-0.39, 0.29) is 12.5 Å². The van der Waals surface area contributed by atoms with Crippen molar-refractivity contribution in [3.05, 3.63) is 60.2 Å². The molecule has 2 N–H and O–H groups in total. The second-order valence-corrected chi connectivity index (χ2v) is 5.48. The number of nitrogens with zero attached hydrogens (tertiary/aromatic N) is 3. The normalized spacial score (nSPS) is 11.0. The number of carbonyl (C=O) groups excluding carboxylic acids is 1. The summed E-state index contributed by atoms with van der Waals surface area (Å²) < 4.78 is 7.10. The molecule has 1 amide bonds. The van der Waals surface area contributed by atoms with Gasteiger partial charge in [0.15, 0.2) is 0 Å². The number of hydrogen-bond donors (Lipinski definition) is 2. The quantitative estimate of drug-likeness (QED) is 0.604. The Morgan fingerprint density at radius 1 is 1.33 bits per heavy atom. The minimum Gasteiger partial charge on any atom is -0.361 e. The van der Waals surface area contributed by atoms with E-state index >= 15 is 0 Å². The largest absolute Gasteiger partial charge is 0.361 e. The molecule has 7 nitrogen and oxygen atoms in total. The number of aryl methyl sites for hydroxylation is 1. The van der Waals surface area contributed by atoms with E-state index in [2.05, 4.69) is 20.4 Å². The molecule has 0 radical (unpaired) electrons. The van der Waals surface area contributed by atoms with Crippen LogP contribution in [-0.2, 0) is 13.6 Å². The fourth-order valence-corrected chi connectivity index (χ4v) is 2.58. The van der Waals surface area contributed by atoms with Crippen molar-refractivity contribution in [3.63, 3.8) is 0 Å². The van der Waals surface area contributed by atoms with Crippen LogP contribution in [-0.4, -0.2) is 25.6 Å². The summed E-state index contributed by atoms with van der Waals surface area (Å²) in [6, 6.07) is 11.2. The molecular formula is C17H15N5O2. The second kappa shape index (κ2) is 5.69. The van der Waals surface area contributed by atoms with Gasteiger partial charge in [0.05, 0.1) is 12.2 Å². The lowest BCUT2D eigenvalue weighted by molar-refractivity contribution is 0.0946. The number of nitrogens with one attached hydrogen (secondary N) is 2. The Morgan fingerprint density at radius 2 is 2.25 bits per heavy atom. The molecule has 3 heterocycles. The van der Waals surface area contributed by atoms with Crippen molar-refractivity contribution in [2.75, 3.05) is 0 Å². The minimum atomic E-state index is -0.184. The van der Waals surface area contributed by atoms with Crippen LogP contribution in [0.2, 0.25) is 0 Å². The molecule has 0 aliphatic carbocycles. The van der Waals surface area contributed by atoms with E-state index in [1.807, 2.05) is 54.3 Å². The van der Waals surface area contributed by atoms with Crippen LogP contribution in [0.1, 0.15) is 16.2 Å². The highest BCUT2D eigenvalue weighted by Gasteiger charge is 2.12. The van der Waals surface area contributed by atoms with Gasteiger partial charge in [0, 0.05) is 35.9 Å². The molecule has 0 aliphatic heterocycles. The number of aromatic amines is 1. The van der Waals surface area contributed by atoms with Gasteiger partial charge in [-0.2, -0.15) is 4.98 Å². The van der Waals surface area contributed by atoms with E-state index in [9.17, 15) is 4.79 Å². The molecule has 7 heteroatoms. The summed E-state index contributed by atoms with van der Waals surface area (Å²) in [4.78, 5) is 19.7. The van der Waals surface area contributed by atoms with Crippen molar-refractivity contribution in [3.8, 4) is 11.5 Å². The third kappa shape index (κ3) is 2.56. The molecule has 24 heavy (non-hydrogen) atoms. The first-order chi connectivity index (χ1) is 11.7. The summed E-state index contributed by atoms with van der Waals surface area (Å²) >= 11 is 0. The number of hydrogen-bond acceptors (Lipinski definition) is 4. The van der Waals surface area contributed by atoms with E-state index in [0.717, 1.165) is 16.6 Å². The lowest BCUT2D eigenvalue weighted by atomic mass is 10.1. The monoisotopic (exact) mass is 321 g/mol. The molecule has 0 aliphatic rings. The molecule has 0 spiro atoms. The van der Waals surface area contributed by atoms with Gasteiger partial charge in [-0.15, -0.1) is 0 Å². The molecule has 0 bridgehead atoms. The Morgan fingerprint density at radius 3 is 3.08 bits per heavy atom. The van der Waals surface area contributed by atoms with Gasteiger partial charge in [-0.1, -0.05) is 5.16 Å². The second-order valence-electron chi connectivity index (χ2n) is 5.48. The Balaban J connectivity index is 1.45. The van der Waals surface area contributed by atoms with E-state index in [1.165, 1.54) is 0 Å². The number of amides is 1. The highest BCUT2D eigenvalue weighted by molar-refractivity contribution is 5.97. The molecule has 1 aromatic carbocycles. The molecular weight excluding hydrogens is 306 g/mol. The van der Waals surface area contributed by atoms with Crippen LogP contribution in [0.4, 0.5) is 0 Å². The zero-order valence-electron chi connectivity index (χ0n) is 13.0. The molecule has 0 atom stereocenters. The summed E-state index contributed by atoms with van der Waals surface area (Å²) in [5.41, 5.74) is 2.44. The summed E-state index contributed by atoms with van der Waals surface area (Å²) in [6.07, 6.45) is 3.75. The van der Waals surface area contributed by atoms with Crippen molar-refractivity contribution in [2.45, 2.75) is 6.54 Å². The predicted molar refractivity (Wildman–Crippen MR) is 88.2 cm³/mol. The maximum atomic E-state index is 12.3.